The van der Waals surface area contributed by atoms with Gasteiger partial charge in [0.1, 0.15) is 5.75 Å². The van der Waals surface area contributed by atoms with Gasteiger partial charge in [-0.05, 0) is 35.0 Å². The lowest BCUT2D eigenvalue weighted by Gasteiger charge is -2.35. The minimum Gasteiger partial charge on any atom is -0.484 e. The molecule has 0 atom stereocenters. The fraction of sp³-hybridized carbons (Fsp3) is 0.292. The number of hydrogen-bond acceptors (Lipinski definition) is 4. The second-order valence-corrected chi connectivity index (χ2v) is 8.28. The average molecular weight is 627 g/mol. The van der Waals surface area contributed by atoms with Crippen LogP contribution >= 0.6 is 0 Å². The van der Waals surface area contributed by atoms with Gasteiger partial charge >= 0.3 is 36.5 Å². The van der Waals surface area contributed by atoms with Crippen molar-refractivity contribution in [3.05, 3.63) is 72.3 Å². The molecule has 3 rings (SSSR count). The number of alkyl halides is 13. The van der Waals surface area contributed by atoms with E-state index in [2.05, 4.69) is 0 Å². The topological polar surface area (TPSA) is 56.8 Å². The Morgan fingerprint density at radius 3 is 1.86 bits per heavy atom. The highest BCUT2D eigenvalue weighted by atomic mass is 19.4. The predicted molar refractivity (Wildman–Crippen MR) is 116 cm³/mol. The van der Waals surface area contributed by atoms with Crippen LogP contribution in [0, 0.1) is 0 Å². The monoisotopic (exact) mass is 627 g/mol. The first-order chi connectivity index (χ1) is 19.1. The highest BCUT2D eigenvalue weighted by Gasteiger charge is 2.80. The Kier molecular flexibility index (Phi) is 8.66. The van der Waals surface area contributed by atoms with Gasteiger partial charge < -0.3 is 10.1 Å². The van der Waals surface area contributed by atoms with Gasteiger partial charge in [0, 0.05) is 11.3 Å². The lowest BCUT2D eigenvalue weighted by atomic mass is 10.1. The van der Waals surface area contributed by atoms with Crippen LogP contribution < -0.4 is 10.1 Å². The summed E-state index contributed by atoms with van der Waals surface area (Å²) in [6.07, 6.45) is -28.0. The molecule has 3 aromatic carbocycles. The maximum Gasteiger partial charge on any atom is 0.527 e. The largest absolute Gasteiger partial charge is 0.527 e. The van der Waals surface area contributed by atoms with Gasteiger partial charge in [-0.2, -0.15) is 43.9 Å². The van der Waals surface area contributed by atoms with Gasteiger partial charge in [-0.1, -0.05) is 42.5 Å². The molecule has 0 aliphatic carbocycles. The Labute approximate surface area is 225 Å². The summed E-state index contributed by atoms with van der Waals surface area (Å²) in [5.41, 5.74) is -2.63. The van der Waals surface area contributed by atoms with E-state index in [9.17, 15) is 61.9 Å². The molecular weight excluding hydrogens is 613 g/mol. The smallest absolute Gasteiger partial charge is 0.484 e. The van der Waals surface area contributed by atoms with E-state index in [1.54, 1.807) is 41.1 Å². The molecule has 0 bridgehead atoms. The van der Waals surface area contributed by atoms with Crippen molar-refractivity contribution in [1.82, 2.24) is 0 Å². The van der Waals surface area contributed by atoms with Crippen LogP contribution in [0.4, 0.5) is 62.8 Å². The van der Waals surface area contributed by atoms with Gasteiger partial charge in [-0.25, -0.2) is 9.47 Å². The van der Waals surface area contributed by atoms with E-state index in [4.69, 9.17) is 4.74 Å². The molecule has 0 radical (unpaired) electrons. The van der Waals surface area contributed by atoms with Crippen LogP contribution in [0.5, 0.6) is 5.75 Å². The minimum absolute atomic E-state index is 0.0723. The Hall–Kier alpha value is -3.80. The molecule has 0 saturated carbocycles. The van der Waals surface area contributed by atoms with E-state index in [1.165, 1.54) is 6.07 Å². The van der Waals surface area contributed by atoms with E-state index in [-0.39, 0.29) is 17.9 Å². The van der Waals surface area contributed by atoms with Crippen LogP contribution in [0.3, 0.4) is 0 Å². The van der Waals surface area contributed by atoms with Crippen molar-refractivity contribution < 1.29 is 76.1 Å². The number of carbonyl (C=O) groups is 1. The zero-order chi connectivity index (χ0) is 31.8. The van der Waals surface area contributed by atoms with Gasteiger partial charge in [0.2, 0.25) is 0 Å². The summed E-state index contributed by atoms with van der Waals surface area (Å²) in [6, 6.07) is 13.3. The van der Waals surface area contributed by atoms with Crippen molar-refractivity contribution in [3.63, 3.8) is 0 Å². The van der Waals surface area contributed by atoms with Crippen LogP contribution in [0.15, 0.2) is 66.7 Å². The second-order valence-electron chi connectivity index (χ2n) is 8.28. The van der Waals surface area contributed by atoms with Crippen molar-refractivity contribution in [2.75, 3.05) is 11.9 Å². The Balaban J connectivity index is 1.73. The molecule has 42 heavy (non-hydrogen) atoms. The van der Waals surface area contributed by atoms with E-state index in [0.29, 0.717) is 6.07 Å². The van der Waals surface area contributed by atoms with Gasteiger partial charge in [-0.3, -0.25) is 4.79 Å². The summed E-state index contributed by atoms with van der Waals surface area (Å²) in [6.45, 7) is -0.742. The fourth-order valence-corrected chi connectivity index (χ4v) is 3.23. The molecule has 1 amide bonds. The van der Waals surface area contributed by atoms with Gasteiger partial charge in [0.15, 0.2) is 6.61 Å². The van der Waals surface area contributed by atoms with Crippen LogP contribution in [0.2, 0.25) is 0 Å². The standard InChI is InChI=1S/C24H14F13NO4/c25-19(26,21(29,30)41-22(31,32)20(27,28)23(33,34)42-24(35,36)37)15-6-3-7-16(11-15)38-18(39)12-40-17-9-8-13-4-1-2-5-14(13)10-17/h1-11H,12H2,(H,38,39). The normalized spacial score (nSPS) is 13.7. The van der Waals surface area contributed by atoms with Crippen LogP contribution in [-0.4, -0.2) is 43.1 Å². The summed E-state index contributed by atoms with van der Waals surface area (Å²) in [4.78, 5) is 12.2. The van der Waals surface area contributed by atoms with Gasteiger partial charge in [-0.15, -0.1) is 13.2 Å². The SMILES string of the molecule is O=C(COc1ccc2ccccc2c1)Nc1cccc(C(F)(F)C(F)(F)OC(F)(F)C(F)(F)C(F)(F)OC(F)(F)F)c1. The molecule has 0 saturated heterocycles. The highest BCUT2D eigenvalue weighted by molar-refractivity contribution is 5.92. The number of ether oxygens (including phenoxy) is 3. The molecule has 0 aromatic heterocycles. The molecule has 230 valence electrons. The number of amides is 1. The maximum absolute atomic E-state index is 14.4. The number of rotatable bonds is 11. The number of hydrogen-bond donors (Lipinski definition) is 1. The third kappa shape index (κ3) is 6.97. The van der Waals surface area contributed by atoms with Gasteiger partial charge in [0.05, 0.1) is 0 Å². The fourth-order valence-electron chi connectivity index (χ4n) is 3.23. The molecule has 0 aliphatic rings. The number of benzene rings is 3. The summed E-state index contributed by atoms with van der Waals surface area (Å²) >= 11 is 0. The lowest BCUT2D eigenvalue weighted by molar-refractivity contribution is -0.535. The van der Waals surface area contributed by atoms with Crippen molar-refractivity contribution in [3.8, 4) is 5.75 Å². The van der Waals surface area contributed by atoms with E-state index in [0.717, 1.165) is 16.8 Å². The van der Waals surface area contributed by atoms with Crippen LogP contribution in [-0.2, 0) is 20.2 Å². The predicted octanol–water partition coefficient (Wildman–Crippen LogP) is 7.92. The van der Waals surface area contributed by atoms with E-state index >= 15 is 0 Å². The maximum atomic E-state index is 14.4. The number of fused-ring (bicyclic) bond motifs is 1. The molecule has 0 spiro atoms. The molecule has 0 fully saturated rings. The molecule has 18 heteroatoms. The number of halogens is 13. The lowest BCUT2D eigenvalue weighted by Crippen LogP contribution is -2.61. The summed E-state index contributed by atoms with van der Waals surface area (Å²) in [5.74, 6) is -14.4. The number of carbonyl (C=O) groups excluding carboxylic acids is 1. The minimum atomic E-state index is -7.53. The van der Waals surface area contributed by atoms with E-state index < -0.39 is 60.3 Å². The van der Waals surface area contributed by atoms with E-state index in [1.807, 2.05) is 10.1 Å². The number of nitrogens with one attached hydrogen (secondary N) is 1. The summed E-state index contributed by atoms with van der Waals surface area (Å²) < 4.78 is 182. The van der Waals surface area contributed by atoms with Gasteiger partial charge in [0.25, 0.3) is 5.91 Å². The quantitative estimate of drug-likeness (QED) is 0.220. The number of anilines is 1. The molecular formula is C24H14F13NO4. The zero-order valence-electron chi connectivity index (χ0n) is 20.1. The molecule has 3 aromatic rings. The van der Waals surface area contributed by atoms with Crippen LogP contribution in [0.25, 0.3) is 10.8 Å². The molecule has 0 heterocycles. The van der Waals surface area contributed by atoms with Crippen molar-refractivity contribution in [1.29, 1.82) is 0 Å². The summed E-state index contributed by atoms with van der Waals surface area (Å²) in [5, 5.41) is 3.52. The summed E-state index contributed by atoms with van der Waals surface area (Å²) in [7, 11) is 0. The highest BCUT2D eigenvalue weighted by Crippen LogP contribution is 2.54. The Morgan fingerprint density at radius 1 is 0.643 bits per heavy atom. The third-order valence-electron chi connectivity index (χ3n) is 5.20. The average Bonchev–Trinajstić information content (AvgIpc) is 2.85. The first-order valence-corrected chi connectivity index (χ1v) is 11.0. The van der Waals surface area contributed by atoms with Crippen LogP contribution in [0.1, 0.15) is 5.56 Å². The van der Waals surface area contributed by atoms with Crippen molar-refractivity contribution in [2.45, 2.75) is 36.5 Å². The zero-order valence-corrected chi connectivity index (χ0v) is 20.1. The Morgan fingerprint density at radius 2 is 1.24 bits per heavy atom. The third-order valence-corrected chi connectivity index (χ3v) is 5.20. The molecule has 0 aliphatic heterocycles. The molecule has 1 N–H and O–H groups in total. The second kappa shape index (κ2) is 11.1. The molecule has 0 unspecified atom stereocenters. The first-order valence-electron chi connectivity index (χ1n) is 11.0. The first kappa shape index (κ1) is 32.7. The van der Waals surface area contributed by atoms with Crippen molar-refractivity contribution in [2.24, 2.45) is 0 Å². The molecule has 5 nitrogen and oxygen atoms in total. The van der Waals surface area contributed by atoms with Crippen molar-refractivity contribution >= 4 is 22.4 Å². The Bertz CT molecular complexity index is 1430.